The maximum absolute atomic E-state index is 13.9. The normalized spacial score (nSPS) is 23.4. The first-order valence-corrected chi connectivity index (χ1v) is 8.51. The van der Waals surface area contributed by atoms with Crippen molar-refractivity contribution in [2.24, 2.45) is 0 Å². The predicted molar refractivity (Wildman–Crippen MR) is 74.7 cm³/mol. The van der Waals surface area contributed by atoms with Crippen molar-refractivity contribution in [1.29, 1.82) is 0 Å². The van der Waals surface area contributed by atoms with Gasteiger partial charge in [0.05, 0.1) is 0 Å². The fourth-order valence-corrected chi connectivity index (χ4v) is 4.89. The molecule has 0 bridgehead atoms. The van der Waals surface area contributed by atoms with E-state index in [9.17, 15) is 12.8 Å². The molecular formula is C13H16ClFN2O2S. The number of benzene rings is 1. The lowest BCUT2D eigenvalue weighted by molar-refractivity contribution is 0.325. The van der Waals surface area contributed by atoms with Crippen LogP contribution in [-0.4, -0.2) is 37.9 Å². The summed E-state index contributed by atoms with van der Waals surface area (Å²) in [6.07, 6.45) is 2.45. The summed E-state index contributed by atoms with van der Waals surface area (Å²) >= 11 is 5.82. The van der Waals surface area contributed by atoms with Gasteiger partial charge in [-0.05, 0) is 44.0 Å². The summed E-state index contributed by atoms with van der Waals surface area (Å²) in [6.45, 7) is 1.42. The van der Waals surface area contributed by atoms with E-state index in [2.05, 4.69) is 5.32 Å². The van der Waals surface area contributed by atoms with Crippen LogP contribution in [0.15, 0.2) is 23.1 Å². The molecule has 4 nitrogen and oxygen atoms in total. The largest absolute Gasteiger partial charge is 0.315 e. The number of hydrogen-bond acceptors (Lipinski definition) is 3. The van der Waals surface area contributed by atoms with Gasteiger partial charge >= 0.3 is 0 Å². The Balaban J connectivity index is 2.01. The van der Waals surface area contributed by atoms with Gasteiger partial charge in [-0.25, -0.2) is 12.8 Å². The number of rotatable bonds is 4. The number of halogens is 2. The smallest absolute Gasteiger partial charge is 0.246 e. The van der Waals surface area contributed by atoms with Crippen LogP contribution in [0.4, 0.5) is 4.39 Å². The van der Waals surface area contributed by atoms with Gasteiger partial charge in [0.2, 0.25) is 10.0 Å². The fraction of sp³-hybridized carbons (Fsp3) is 0.538. The summed E-state index contributed by atoms with van der Waals surface area (Å²) in [5, 5.41) is 3.39. The van der Waals surface area contributed by atoms with Crippen molar-refractivity contribution >= 4 is 21.6 Å². The molecule has 2 aliphatic rings. The Hall–Kier alpha value is -0.690. The molecule has 20 heavy (non-hydrogen) atoms. The van der Waals surface area contributed by atoms with Crippen LogP contribution < -0.4 is 5.32 Å². The standard InChI is InChI=1S/C13H16ClFN2O2S/c14-9-1-4-12(15)13(7-9)20(18,19)17(10-2-3-10)11-5-6-16-8-11/h1,4,7,10-11,16H,2-3,5-6,8H2. The van der Waals surface area contributed by atoms with Crippen LogP contribution in [0.3, 0.4) is 0 Å². The van der Waals surface area contributed by atoms with Gasteiger partial charge in [0, 0.05) is 23.7 Å². The second-order valence-electron chi connectivity index (χ2n) is 5.29. The molecule has 0 spiro atoms. The summed E-state index contributed by atoms with van der Waals surface area (Å²) in [5.41, 5.74) is 0. The van der Waals surface area contributed by atoms with E-state index in [4.69, 9.17) is 11.6 Å². The zero-order valence-corrected chi connectivity index (χ0v) is 12.4. The van der Waals surface area contributed by atoms with E-state index < -0.39 is 15.8 Å². The third-order valence-electron chi connectivity index (χ3n) is 3.75. The van der Waals surface area contributed by atoms with Crippen molar-refractivity contribution in [1.82, 2.24) is 9.62 Å². The molecule has 1 aromatic carbocycles. The highest BCUT2D eigenvalue weighted by molar-refractivity contribution is 7.89. The first kappa shape index (κ1) is 14.3. The monoisotopic (exact) mass is 318 g/mol. The van der Waals surface area contributed by atoms with Crippen molar-refractivity contribution in [3.05, 3.63) is 29.0 Å². The van der Waals surface area contributed by atoms with Gasteiger partial charge in [0.25, 0.3) is 0 Å². The first-order chi connectivity index (χ1) is 9.50. The second kappa shape index (κ2) is 5.26. The molecule has 1 aliphatic carbocycles. The van der Waals surface area contributed by atoms with E-state index in [0.29, 0.717) is 6.54 Å². The molecule has 1 saturated heterocycles. The molecule has 3 rings (SSSR count). The molecule has 110 valence electrons. The molecule has 1 N–H and O–H groups in total. The van der Waals surface area contributed by atoms with Gasteiger partial charge in [-0.15, -0.1) is 0 Å². The molecule has 1 atom stereocenters. The molecule has 0 radical (unpaired) electrons. The SMILES string of the molecule is O=S(=O)(c1cc(Cl)ccc1F)N(C1CC1)C1CCNC1. The van der Waals surface area contributed by atoms with E-state index in [1.165, 1.54) is 16.4 Å². The average molecular weight is 319 g/mol. The van der Waals surface area contributed by atoms with Crippen molar-refractivity contribution in [2.45, 2.75) is 36.2 Å². The zero-order valence-electron chi connectivity index (χ0n) is 10.9. The minimum absolute atomic E-state index is 0.00304. The molecule has 1 unspecified atom stereocenters. The van der Waals surface area contributed by atoms with E-state index in [1.54, 1.807) is 0 Å². The molecule has 0 amide bonds. The molecular weight excluding hydrogens is 303 g/mol. The van der Waals surface area contributed by atoms with Crippen LogP contribution in [0, 0.1) is 5.82 Å². The number of hydrogen-bond donors (Lipinski definition) is 1. The Morgan fingerprint density at radius 2 is 2.00 bits per heavy atom. The first-order valence-electron chi connectivity index (χ1n) is 6.69. The molecule has 1 aliphatic heterocycles. The van der Waals surface area contributed by atoms with Crippen LogP contribution >= 0.6 is 11.6 Å². The quantitative estimate of drug-likeness (QED) is 0.923. The third kappa shape index (κ3) is 2.57. The van der Waals surface area contributed by atoms with Crippen LogP contribution in [0.25, 0.3) is 0 Å². The van der Waals surface area contributed by atoms with Gasteiger partial charge in [0.15, 0.2) is 0 Å². The van der Waals surface area contributed by atoms with E-state index in [-0.39, 0.29) is 22.0 Å². The highest BCUT2D eigenvalue weighted by atomic mass is 35.5. The van der Waals surface area contributed by atoms with Gasteiger partial charge in [-0.2, -0.15) is 4.31 Å². The summed E-state index contributed by atoms with van der Waals surface area (Å²) in [5.74, 6) is -0.744. The van der Waals surface area contributed by atoms with Crippen molar-refractivity contribution < 1.29 is 12.8 Å². The summed E-state index contributed by atoms with van der Waals surface area (Å²) in [7, 11) is -3.84. The molecule has 2 fully saturated rings. The Kier molecular flexibility index (Phi) is 3.75. The Morgan fingerprint density at radius 1 is 1.25 bits per heavy atom. The zero-order chi connectivity index (χ0) is 14.3. The van der Waals surface area contributed by atoms with Crippen LogP contribution in [0.5, 0.6) is 0 Å². The maximum Gasteiger partial charge on any atom is 0.246 e. The Labute approximate surface area is 123 Å². The van der Waals surface area contributed by atoms with Crippen LogP contribution in [0.1, 0.15) is 19.3 Å². The molecule has 1 aromatic rings. The lowest BCUT2D eigenvalue weighted by atomic mass is 10.2. The van der Waals surface area contributed by atoms with Crippen molar-refractivity contribution in [2.75, 3.05) is 13.1 Å². The van der Waals surface area contributed by atoms with E-state index in [0.717, 1.165) is 31.9 Å². The Bertz CT molecular complexity index is 613. The summed E-state index contributed by atoms with van der Waals surface area (Å²) in [6, 6.07) is 3.57. The lowest BCUT2D eigenvalue weighted by Crippen LogP contribution is -2.43. The van der Waals surface area contributed by atoms with E-state index in [1.807, 2.05) is 0 Å². The lowest BCUT2D eigenvalue weighted by Gasteiger charge is -2.27. The average Bonchev–Trinajstić information content (AvgIpc) is 3.06. The van der Waals surface area contributed by atoms with Gasteiger partial charge < -0.3 is 5.32 Å². The van der Waals surface area contributed by atoms with Crippen LogP contribution in [0.2, 0.25) is 5.02 Å². The minimum atomic E-state index is -3.84. The summed E-state index contributed by atoms with van der Waals surface area (Å²) in [4.78, 5) is -0.316. The highest BCUT2D eigenvalue weighted by Crippen LogP contribution is 2.36. The van der Waals surface area contributed by atoms with E-state index >= 15 is 0 Å². The molecule has 7 heteroatoms. The third-order valence-corrected chi connectivity index (χ3v) is 6.00. The number of nitrogens with one attached hydrogen (secondary N) is 1. The minimum Gasteiger partial charge on any atom is -0.315 e. The van der Waals surface area contributed by atoms with Crippen LogP contribution in [-0.2, 0) is 10.0 Å². The molecule has 1 heterocycles. The van der Waals surface area contributed by atoms with Gasteiger partial charge in [0.1, 0.15) is 10.7 Å². The van der Waals surface area contributed by atoms with Gasteiger partial charge in [-0.1, -0.05) is 11.6 Å². The van der Waals surface area contributed by atoms with Crippen molar-refractivity contribution in [3.8, 4) is 0 Å². The topological polar surface area (TPSA) is 49.4 Å². The second-order valence-corrected chi connectivity index (χ2v) is 7.54. The van der Waals surface area contributed by atoms with Gasteiger partial charge in [-0.3, -0.25) is 0 Å². The molecule has 0 aromatic heterocycles. The summed E-state index contributed by atoms with van der Waals surface area (Å²) < 4.78 is 41.0. The predicted octanol–water partition coefficient (Wildman–Crippen LogP) is 1.99. The fourth-order valence-electron chi connectivity index (χ4n) is 2.66. The number of nitrogens with zero attached hydrogens (tertiary/aromatic N) is 1. The maximum atomic E-state index is 13.9. The Morgan fingerprint density at radius 3 is 2.60 bits per heavy atom. The van der Waals surface area contributed by atoms with Crippen molar-refractivity contribution in [3.63, 3.8) is 0 Å². The highest BCUT2D eigenvalue weighted by Gasteiger charge is 2.44. The molecule has 1 saturated carbocycles. The number of sulfonamides is 1.